The molecule has 0 aliphatic heterocycles. The van der Waals surface area contributed by atoms with E-state index in [1.807, 2.05) is 18.2 Å². The van der Waals surface area contributed by atoms with Crippen LogP contribution in [0, 0.1) is 0 Å². The largest absolute Gasteiger partial charge is 0.543 e. The third-order valence-electron chi connectivity index (χ3n) is 5.70. The first-order valence-electron chi connectivity index (χ1n) is 9.84. The number of hydrogen-bond acceptors (Lipinski definition) is 5. The maximum Gasteiger partial charge on any atom is 0.250 e. The maximum absolute atomic E-state index is 10.7. The monoisotopic (exact) mass is 418 g/mol. The lowest BCUT2D eigenvalue weighted by atomic mass is 9.98. The summed E-state index contributed by atoms with van der Waals surface area (Å²) in [6.45, 7) is 10.9. The first kappa shape index (κ1) is 23.3. The summed E-state index contributed by atoms with van der Waals surface area (Å²) in [5.41, 5.74) is 1.48. The molecule has 2 atom stereocenters. The van der Waals surface area contributed by atoms with Crippen LogP contribution in [0.25, 0.3) is 0 Å². The third-order valence-corrected chi connectivity index (χ3v) is 10.0. The number of hydrogen-bond donors (Lipinski definition) is 2. The molecule has 0 aromatic heterocycles. The van der Waals surface area contributed by atoms with Gasteiger partial charge in [-0.3, -0.25) is 0 Å². The molecule has 0 radical (unpaired) electrons. The summed E-state index contributed by atoms with van der Waals surface area (Å²) >= 11 is 0. The fourth-order valence-electron chi connectivity index (χ4n) is 2.71. The molecule has 0 heterocycles. The van der Waals surface area contributed by atoms with Crippen molar-refractivity contribution in [2.75, 3.05) is 14.2 Å². The quantitative estimate of drug-likeness (QED) is 0.607. The van der Waals surface area contributed by atoms with Gasteiger partial charge in [-0.1, -0.05) is 39.0 Å². The smallest absolute Gasteiger partial charge is 0.250 e. The Morgan fingerprint density at radius 3 is 1.97 bits per heavy atom. The molecule has 0 unspecified atom stereocenters. The second-order valence-electron chi connectivity index (χ2n) is 8.83. The van der Waals surface area contributed by atoms with Crippen LogP contribution in [-0.4, -0.2) is 38.9 Å². The highest BCUT2D eigenvalue weighted by Gasteiger charge is 2.39. The van der Waals surface area contributed by atoms with Gasteiger partial charge in [0.05, 0.1) is 20.3 Å². The zero-order valence-electron chi connectivity index (χ0n) is 18.5. The highest BCUT2D eigenvalue weighted by Crippen LogP contribution is 2.39. The zero-order valence-corrected chi connectivity index (χ0v) is 19.5. The Kier molecular flexibility index (Phi) is 7.38. The molecule has 160 valence electrons. The van der Waals surface area contributed by atoms with Crippen LogP contribution in [0.3, 0.4) is 0 Å². The first-order valence-corrected chi connectivity index (χ1v) is 12.8. The lowest BCUT2D eigenvalue weighted by Gasteiger charge is -2.37. The lowest BCUT2D eigenvalue weighted by Crippen LogP contribution is -2.44. The van der Waals surface area contributed by atoms with E-state index in [4.69, 9.17) is 13.9 Å². The summed E-state index contributed by atoms with van der Waals surface area (Å²) in [5, 5.41) is 21.4. The Hall–Kier alpha value is -2.02. The van der Waals surface area contributed by atoms with Gasteiger partial charge in [0.15, 0.2) is 0 Å². The Labute approximate surface area is 175 Å². The summed E-state index contributed by atoms with van der Waals surface area (Å²) in [6.07, 6.45) is -1.72. The molecule has 29 heavy (non-hydrogen) atoms. The number of aliphatic hydroxyl groups is 2. The molecule has 2 aromatic rings. The van der Waals surface area contributed by atoms with Crippen LogP contribution in [0.1, 0.15) is 38.0 Å². The van der Waals surface area contributed by atoms with Crippen LogP contribution < -0.4 is 13.9 Å². The van der Waals surface area contributed by atoms with Gasteiger partial charge in [0.25, 0.3) is 0 Å². The van der Waals surface area contributed by atoms with E-state index in [0.717, 1.165) is 5.56 Å². The molecule has 0 spiro atoms. The first-order chi connectivity index (χ1) is 13.5. The average Bonchev–Trinajstić information content (AvgIpc) is 2.67. The van der Waals surface area contributed by atoms with Crippen LogP contribution in [0.4, 0.5) is 0 Å². The minimum atomic E-state index is -2.08. The van der Waals surface area contributed by atoms with Crippen molar-refractivity contribution in [3.63, 3.8) is 0 Å². The van der Waals surface area contributed by atoms with Gasteiger partial charge in [-0.05, 0) is 47.5 Å². The number of rotatable bonds is 8. The molecule has 2 rings (SSSR count). The Morgan fingerprint density at radius 1 is 0.897 bits per heavy atom. The molecule has 0 aliphatic rings. The molecule has 0 bridgehead atoms. The molecule has 2 aromatic carbocycles. The van der Waals surface area contributed by atoms with Gasteiger partial charge in [-0.15, -0.1) is 0 Å². The van der Waals surface area contributed by atoms with Gasteiger partial charge in [0.2, 0.25) is 8.32 Å². The van der Waals surface area contributed by atoms with Crippen molar-refractivity contribution >= 4 is 8.32 Å². The van der Waals surface area contributed by atoms with E-state index in [2.05, 4.69) is 33.9 Å². The van der Waals surface area contributed by atoms with Crippen molar-refractivity contribution in [2.24, 2.45) is 0 Å². The predicted molar refractivity (Wildman–Crippen MR) is 118 cm³/mol. The van der Waals surface area contributed by atoms with Crippen molar-refractivity contribution in [1.82, 2.24) is 0 Å². The van der Waals surface area contributed by atoms with Crippen LogP contribution in [0.15, 0.2) is 42.5 Å². The van der Waals surface area contributed by atoms with E-state index in [1.54, 1.807) is 38.5 Å². The van der Waals surface area contributed by atoms with Gasteiger partial charge >= 0.3 is 0 Å². The number of ether oxygens (including phenoxy) is 2. The van der Waals surface area contributed by atoms with Gasteiger partial charge in [0.1, 0.15) is 23.4 Å². The van der Waals surface area contributed by atoms with Crippen molar-refractivity contribution < 1.29 is 24.1 Å². The van der Waals surface area contributed by atoms with Crippen LogP contribution in [0.2, 0.25) is 18.1 Å². The standard InChI is InChI=1S/C23H34O5Si/c1-23(2,3)29(6,7)28-21-15-19(27-5)13-10-17(21)14-20(24)22(25)16-8-11-18(26-4)12-9-16/h8-13,15,20,22,24-25H,14H2,1-7H3/t20-,22-/m0/s1. The zero-order chi connectivity index (χ0) is 21.8. The van der Waals surface area contributed by atoms with Gasteiger partial charge < -0.3 is 24.1 Å². The molecule has 2 N–H and O–H groups in total. The summed E-state index contributed by atoms with van der Waals surface area (Å²) < 4.78 is 17.0. The number of benzene rings is 2. The normalized spacial score (nSPS) is 14.2. The van der Waals surface area contributed by atoms with Crippen molar-refractivity contribution in [2.45, 2.75) is 57.5 Å². The SMILES string of the molecule is COc1ccc([C@H](O)[C@@H](O)Cc2ccc(OC)cc2O[Si](C)(C)C(C)(C)C)cc1. The Morgan fingerprint density at radius 2 is 1.45 bits per heavy atom. The van der Waals surface area contributed by atoms with Crippen molar-refractivity contribution in [3.8, 4) is 17.2 Å². The summed E-state index contributed by atoms with van der Waals surface area (Å²) in [6, 6.07) is 12.7. The molecule has 0 saturated heterocycles. The minimum Gasteiger partial charge on any atom is -0.543 e. The Balaban J connectivity index is 2.26. The highest BCUT2D eigenvalue weighted by molar-refractivity contribution is 6.74. The van der Waals surface area contributed by atoms with Gasteiger partial charge in [-0.2, -0.15) is 0 Å². The minimum absolute atomic E-state index is 0.0363. The fraction of sp³-hybridized carbons (Fsp3) is 0.478. The fourth-order valence-corrected chi connectivity index (χ4v) is 3.76. The summed E-state index contributed by atoms with van der Waals surface area (Å²) in [4.78, 5) is 0. The highest BCUT2D eigenvalue weighted by atomic mass is 28.4. The van der Waals surface area contributed by atoms with Gasteiger partial charge in [0, 0.05) is 12.5 Å². The molecular weight excluding hydrogens is 384 g/mol. The van der Waals surface area contributed by atoms with E-state index in [1.165, 1.54) is 0 Å². The van der Waals surface area contributed by atoms with Crippen LogP contribution in [-0.2, 0) is 6.42 Å². The second-order valence-corrected chi connectivity index (χ2v) is 13.6. The summed E-state index contributed by atoms with van der Waals surface area (Å²) in [5.74, 6) is 2.11. The average molecular weight is 419 g/mol. The second kappa shape index (κ2) is 9.20. The van der Waals surface area contributed by atoms with E-state index in [0.29, 0.717) is 22.8 Å². The topological polar surface area (TPSA) is 68.2 Å². The predicted octanol–water partition coefficient (Wildman–Crippen LogP) is 4.72. The van der Waals surface area contributed by atoms with Gasteiger partial charge in [-0.25, -0.2) is 0 Å². The molecule has 0 saturated carbocycles. The van der Waals surface area contributed by atoms with Crippen LogP contribution in [0.5, 0.6) is 17.2 Å². The van der Waals surface area contributed by atoms with Crippen molar-refractivity contribution in [1.29, 1.82) is 0 Å². The molecule has 0 aliphatic carbocycles. The van der Waals surface area contributed by atoms with E-state index < -0.39 is 20.5 Å². The van der Waals surface area contributed by atoms with E-state index >= 15 is 0 Å². The summed E-state index contributed by atoms with van der Waals surface area (Å²) in [7, 11) is 1.13. The third kappa shape index (κ3) is 5.75. The molecular formula is C23H34O5Si. The van der Waals surface area contributed by atoms with E-state index in [9.17, 15) is 10.2 Å². The lowest BCUT2D eigenvalue weighted by molar-refractivity contribution is 0.0187. The molecule has 0 fully saturated rings. The Bertz CT molecular complexity index is 796. The number of methoxy groups -OCH3 is 2. The molecule has 0 amide bonds. The molecule has 5 nitrogen and oxygen atoms in total. The van der Waals surface area contributed by atoms with Crippen molar-refractivity contribution in [3.05, 3.63) is 53.6 Å². The number of aliphatic hydroxyl groups excluding tert-OH is 2. The maximum atomic E-state index is 10.7. The van der Waals surface area contributed by atoms with Crippen LogP contribution >= 0.6 is 0 Å². The molecule has 6 heteroatoms. The van der Waals surface area contributed by atoms with E-state index in [-0.39, 0.29) is 11.5 Å².